The Morgan fingerprint density at radius 2 is 1.51 bits per heavy atom. The number of amides is 2. The van der Waals surface area contributed by atoms with E-state index in [2.05, 4.69) is 0 Å². The van der Waals surface area contributed by atoms with E-state index < -0.39 is 67.3 Å². The molecule has 1 aromatic rings. The van der Waals surface area contributed by atoms with Crippen molar-refractivity contribution < 1.29 is 57.1 Å². The molecule has 5 atom stereocenters. The molecule has 0 saturated carbocycles. The van der Waals surface area contributed by atoms with Gasteiger partial charge < -0.3 is 38.9 Å². The molecule has 2 N–H and O–H groups in total. The highest BCUT2D eigenvalue weighted by atomic mass is 16.7. The highest BCUT2D eigenvalue weighted by molar-refractivity contribution is 5.70. The van der Waals surface area contributed by atoms with E-state index in [0.717, 1.165) is 25.7 Å². The van der Waals surface area contributed by atoms with E-state index in [9.17, 15) is 24.0 Å². The van der Waals surface area contributed by atoms with Crippen molar-refractivity contribution in [1.29, 1.82) is 0 Å². The molecule has 0 bridgehead atoms. The Balaban J connectivity index is 2.50. The zero-order valence-electron chi connectivity index (χ0n) is 22.2. The fourth-order valence-electron chi connectivity index (χ4n) is 3.83. The van der Waals surface area contributed by atoms with Crippen LogP contribution >= 0.6 is 0 Å². The van der Waals surface area contributed by atoms with Gasteiger partial charge in [0.25, 0.3) is 0 Å². The van der Waals surface area contributed by atoms with E-state index in [1.165, 1.54) is 0 Å². The number of carbonyl (C=O) groups excluding carboxylic acids is 5. The SMILES string of the molecule is CCOCCN(C(=O)OCc1ccccc1)[C@H]1O[C@H](COC(C)=O)[C@@H](OC(C)=O)[C@H](OC(N)=O)[C@@H]1OC(C)=O. The lowest BCUT2D eigenvalue weighted by Gasteiger charge is -2.47. The van der Waals surface area contributed by atoms with Crippen LogP contribution in [0.4, 0.5) is 9.59 Å². The van der Waals surface area contributed by atoms with Crippen LogP contribution in [0, 0.1) is 0 Å². The van der Waals surface area contributed by atoms with Crippen molar-refractivity contribution in [3.05, 3.63) is 35.9 Å². The van der Waals surface area contributed by atoms with Gasteiger partial charge in [-0.15, -0.1) is 0 Å². The van der Waals surface area contributed by atoms with Crippen molar-refractivity contribution in [2.24, 2.45) is 5.73 Å². The van der Waals surface area contributed by atoms with Gasteiger partial charge in [-0.05, 0) is 12.5 Å². The van der Waals surface area contributed by atoms with E-state index in [4.69, 9.17) is 38.9 Å². The average molecular weight is 555 g/mol. The van der Waals surface area contributed by atoms with Crippen LogP contribution in [0.1, 0.15) is 33.3 Å². The fourth-order valence-corrected chi connectivity index (χ4v) is 3.83. The lowest BCUT2D eigenvalue weighted by molar-refractivity contribution is -0.269. The van der Waals surface area contributed by atoms with Gasteiger partial charge in [0, 0.05) is 27.4 Å². The third-order valence-electron chi connectivity index (χ3n) is 5.34. The third-order valence-corrected chi connectivity index (χ3v) is 5.34. The Morgan fingerprint density at radius 3 is 2.08 bits per heavy atom. The number of nitrogens with two attached hydrogens (primary N) is 1. The van der Waals surface area contributed by atoms with Crippen LogP contribution in [0.3, 0.4) is 0 Å². The van der Waals surface area contributed by atoms with Gasteiger partial charge in [0.2, 0.25) is 0 Å². The van der Waals surface area contributed by atoms with Crippen LogP contribution in [0.2, 0.25) is 0 Å². The first-order valence-electron chi connectivity index (χ1n) is 12.2. The molecule has 0 aliphatic carbocycles. The van der Waals surface area contributed by atoms with Gasteiger partial charge in [-0.25, -0.2) is 9.59 Å². The van der Waals surface area contributed by atoms with Crippen LogP contribution in [-0.2, 0) is 54.1 Å². The number of ether oxygens (including phenoxy) is 7. The molecule has 0 spiro atoms. The van der Waals surface area contributed by atoms with E-state index in [1.807, 2.05) is 0 Å². The number of carbonyl (C=O) groups is 5. The molecule has 39 heavy (non-hydrogen) atoms. The predicted octanol–water partition coefficient (Wildman–Crippen LogP) is 1.28. The molecular formula is C25H34N2O12. The van der Waals surface area contributed by atoms with Crippen LogP contribution < -0.4 is 5.73 Å². The molecular weight excluding hydrogens is 520 g/mol. The second-order valence-electron chi connectivity index (χ2n) is 8.35. The summed E-state index contributed by atoms with van der Waals surface area (Å²) in [7, 11) is 0. The summed E-state index contributed by atoms with van der Waals surface area (Å²) in [6.07, 6.45) is -9.40. The van der Waals surface area contributed by atoms with Gasteiger partial charge in [-0.3, -0.25) is 19.3 Å². The Kier molecular flexibility index (Phi) is 12.4. The van der Waals surface area contributed by atoms with Crippen molar-refractivity contribution in [2.45, 2.75) is 64.9 Å². The van der Waals surface area contributed by atoms with Gasteiger partial charge in [-0.1, -0.05) is 30.3 Å². The summed E-state index contributed by atoms with van der Waals surface area (Å²) in [6.45, 7) is 4.79. The standard InChI is InChI=1S/C25H34N2O12/c1-5-33-12-11-27(25(32)35-13-18-9-7-6-8-10-18)23-22(37-17(4)30)21(39-24(26)31)20(36-16(3)29)19(38-23)14-34-15(2)28/h6-10,19-23H,5,11-14H2,1-4H3,(H2,26,31)/t19-,20-,21+,22+,23+/m1/s1. The van der Waals surface area contributed by atoms with Crippen LogP contribution in [0.15, 0.2) is 30.3 Å². The predicted molar refractivity (Wildman–Crippen MR) is 131 cm³/mol. The minimum atomic E-state index is -1.55. The number of hydrogen-bond donors (Lipinski definition) is 1. The first-order chi connectivity index (χ1) is 18.5. The van der Waals surface area contributed by atoms with Crippen molar-refractivity contribution >= 4 is 30.1 Å². The second kappa shape index (κ2) is 15.5. The lowest BCUT2D eigenvalue weighted by Crippen LogP contribution is -2.67. The van der Waals surface area contributed by atoms with Crippen LogP contribution in [0.5, 0.6) is 0 Å². The fraction of sp³-hybridized carbons (Fsp3) is 0.560. The first kappa shape index (κ1) is 31.3. The maximum absolute atomic E-state index is 13.3. The topological polar surface area (TPSA) is 179 Å². The molecule has 1 fully saturated rings. The van der Waals surface area contributed by atoms with Gasteiger partial charge in [0.1, 0.15) is 19.3 Å². The zero-order valence-corrected chi connectivity index (χ0v) is 22.2. The summed E-state index contributed by atoms with van der Waals surface area (Å²) in [5, 5.41) is 0. The molecule has 1 aliphatic rings. The van der Waals surface area contributed by atoms with Crippen molar-refractivity contribution in [3.8, 4) is 0 Å². The van der Waals surface area contributed by atoms with Gasteiger partial charge in [0.15, 0.2) is 24.5 Å². The summed E-state index contributed by atoms with van der Waals surface area (Å²) in [5.74, 6) is -2.30. The van der Waals surface area contributed by atoms with E-state index in [-0.39, 0.29) is 19.8 Å². The summed E-state index contributed by atoms with van der Waals surface area (Å²) in [6, 6.07) is 8.87. The van der Waals surface area contributed by atoms with Gasteiger partial charge in [-0.2, -0.15) is 0 Å². The quantitative estimate of drug-likeness (QED) is 0.222. The van der Waals surface area contributed by atoms with Gasteiger partial charge >= 0.3 is 30.1 Å². The summed E-state index contributed by atoms with van der Waals surface area (Å²) in [5.41, 5.74) is 5.98. The first-order valence-corrected chi connectivity index (χ1v) is 12.2. The Labute approximate surface area is 225 Å². The molecule has 1 aromatic carbocycles. The number of rotatable bonds is 12. The van der Waals surface area contributed by atoms with E-state index in [0.29, 0.717) is 12.2 Å². The largest absolute Gasteiger partial charge is 0.463 e. The molecule has 2 rings (SSSR count). The molecule has 0 unspecified atom stereocenters. The maximum atomic E-state index is 13.3. The smallest absolute Gasteiger partial charge is 0.412 e. The molecule has 1 heterocycles. The molecule has 0 aromatic heterocycles. The van der Waals surface area contributed by atoms with Crippen molar-refractivity contribution in [3.63, 3.8) is 0 Å². The minimum absolute atomic E-state index is 0.0346. The van der Waals surface area contributed by atoms with E-state index in [1.54, 1.807) is 37.3 Å². The summed E-state index contributed by atoms with van der Waals surface area (Å²) < 4.78 is 37.9. The third kappa shape index (κ3) is 10.1. The summed E-state index contributed by atoms with van der Waals surface area (Å²) >= 11 is 0. The molecule has 14 nitrogen and oxygen atoms in total. The number of benzene rings is 1. The molecule has 216 valence electrons. The Morgan fingerprint density at radius 1 is 0.872 bits per heavy atom. The monoisotopic (exact) mass is 554 g/mol. The molecule has 14 heteroatoms. The van der Waals surface area contributed by atoms with Gasteiger partial charge in [0.05, 0.1) is 13.2 Å². The minimum Gasteiger partial charge on any atom is -0.463 e. The number of esters is 3. The highest BCUT2D eigenvalue weighted by Gasteiger charge is 2.55. The van der Waals surface area contributed by atoms with Crippen molar-refractivity contribution in [2.75, 3.05) is 26.4 Å². The molecule has 2 amide bonds. The van der Waals surface area contributed by atoms with E-state index >= 15 is 0 Å². The second-order valence-corrected chi connectivity index (χ2v) is 8.35. The highest BCUT2D eigenvalue weighted by Crippen LogP contribution is 2.31. The van der Waals surface area contributed by atoms with Crippen LogP contribution in [0.25, 0.3) is 0 Å². The lowest BCUT2D eigenvalue weighted by atomic mass is 9.96. The number of hydrogen-bond acceptors (Lipinski definition) is 12. The Bertz CT molecular complexity index is 989. The molecule has 1 saturated heterocycles. The number of primary amides is 1. The Hall–Kier alpha value is -3.91. The molecule has 0 radical (unpaired) electrons. The average Bonchev–Trinajstić information content (AvgIpc) is 2.86. The van der Waals surface area contributed by atoms with Crippen LogP contribution in [-0.4, -0.2) is 92.0 Å². The maximum Gasteiger partial charge on any atom is 0.412 e. The zero-order chi connectivity index (χ0) is 28.9. The molecule has 1 aliphatic heterocycles. The normalized spacial score (nSPS) is 22.2. The number of nitrogens with zero attached hydrogens (tertiary/aromatic N) is 1. The summed E-state index contributed by atoms with van der Waals surface area (Å²) in [4.78, 5) is 61.8. The van der Waals surface area contributed by atoms with Crippen molar-refractivity contribution in [1.82, 2.24) is 4.90 Å².